The number of ether oxygens (including phenoxy) is 1. The van der Waals surface area contributed by atoms with Crippen molar-refractivity contribution in [2.24, 2.45) is 16.4 Å². The number of allylic oxidation sites excluding steroid dienone is 2. The number of hydrogen-bond donors (Lipinski definition) is 1. The first kappa shape index (κ1) is 21.0. The molecule has 0 spiro atoms. The minimum atomic E-state index is -5.90. The molecule has 1 aliphatic heterocycles. The monoisotopic (exact) mass is 388 g/mol. The van der Waals surface area contributed by atoms with E-state index in [-0.39, 0.29) is 32.7 Å². The van der Waals surface area contributed by atoms with E-state index in [4.69, 9.17) is 4.74 Å². The normalized spacial score (nSPS) is 26.8. The summed E-state index contributed by atoms with van der Waals surface area (Å²) < 4.78 is 86.1. The smallest absolute Gasteiger partial charge is 0.378 e. The molecule has 1 heterocycles. The van der Waals surface area contributed by atoms with Crippen LogP contribution in [-0.2, 0) is 4.74 Å². The average molecular weight is 388 g/mol. The number of rotatable bonds is 2. The van der Waals surface area contributed by atoms with Crippen molar-refractivity contribution in [1.82, 2.24) is 5.01 Å². The zero-order valence-corrected chi connectivity index (χ0v) is 14.7. The molecule has 0 aromatic carbocycles. The van der Waals surface area contributed by atoms with Crippen LogP contribution in [0.15, 0.2) is 16.8 Å². The van der Waals surface area contributed by atoms with Gasteiger partial charge in [-0.15, -0.1) is 0 Å². The van der Waals surface area contributed by atoms with E-state index in [9.17, 15) is 31.4 Å². The minimum absolute atomic E-state index is 0.0196. The highest BCUT2D eigenvalue weighted by atomic mass is 19.4. The van der Waals surface area contributed by atoms with Crippen molar-refractivity contribution < 1.29 is 36.2 Å². The Labute approximate surface area is 147 Å². The molecule has 1 unspecified atom stereocenters. The molecule has 4 nitrogen and oxygen atoms in total. The third kappa shape index (κ3) is 3.71. The lowest BCUT2D eigenvalue weighted by molar-refractivity contribution is -0.385. The average Bonchev–Trinajstić information content (AvgIpc) is 2.43. The standard InChI is InChI=1S/C16H22F6N2O2/c1-10-8-11(23-24-4-6-26-7-5-24)12(13(2,3)9-10)14(25,15(17,18)19)16(20,21)22/h8,12,25H,4-7,9H2,1-3H3/b23-11+. The molecule has 1 fully saturated rings. The summed E-state index contributed by atoms with van der Waals surface area (Å²) in [7, 11) is 0. The first-order valence-corrected chi connectivity index (χ1v) is 8.14. The fraction of sp³-hybridized carbons (Fsp3) is 0.812. The van der Waals surface area contributed by atoms with Crippen LogP contribution in [0.1, 0.15) is 27.2 Å². The molecule has 0 radical (unpaired) electrons. The van der Waals surface area contributed by atoms with Crippen molar-refractivity contribution in [3.8, 4) is 0 Å². The molecule has 0 aromatic rings. The molecule has 150 valence electrons. The number of nitrogens with zero attached hydrogens (tertiary/aromatic N) is 2. The van der Waals surface area contributed by atoms with Gasteiger partial charge >= 0.3 is 12.4 Å². The van der Waals surface area contributed by atoms with Gasteiger partial charge in [0.25, 0.3) is 5.60 Å². The number of morpholine rings is 1. The van der Waals surface area contributed by atoms with Gasteiger partial charge in [0.15, 0.2) is 0 Å². The largest absolute Gasteiger partial charge is 0.426 e. The van der Waals surface area contributed by atoms with Gasteiger partial charge in [0.05, 0.1) is 37.9 Å². The third-order valence-corrected chi connectivity index (χ3v) is 4.73. The lowest BCUT2D eigenvalue weighted by Crippen LogP contribution is -2.67. The van der Waals surface area contributed by atoms with E-state index in [0.29, 0.717) is 5.57 Å². The number of halogens is 6. The predicted molar refractivity (Wildman–Crippen MR) is 82.5 cm³/mol. The zero-order chi connectivity index (χ0) is 20.0. The molecule has 26 heavy (non-hydrogen) atoms. The van der Waals surface area contributed by atoms with Crippen LogP contribution in [0.4, 0.5) is 26.3 Å². The second-order valence-corrected chi connectivity index (χ2v) is 7.44. The third-order valence-electron chi connectivity index (χ3n) is 4.73. The van der Waals surface area contributed by atoms with Gasteiger partial charge in [0, 0.05) is 0 Å². The Morgan fingerprint density at radius 2 is 1.62 bits per heavy atom. The van der Waals surface area contributed by atoms with Crippen LogP contribution in [0.3, 0.4) is 0 Å². The van der Waals surface area contributed by atoms with Gasteiger partial charge in [0.2, 0.25) is 0 Å². The maximum Gasteiger partial charge on any atom is 0.426 e. The van der Waals surface area contributed by atoms with Crippen molar-refractivity contribution >= 4 is 5.71 Å². The van der Waals surface area contributed by atoms with Gasteiger partial charge in [-0.25, -0.2) is 0 Å². The molecular formula is C16H22F6N2O2. The van der Waals surface area contributed by atoms with Crippen molar-refractivity contribution in [2.75, 3.05) is 26.3 Å². The summed E-state index contributed by atoms with van der Waals surface area (Å²) in [5.74, 6) is -2.29. The highest BCUT2D eigenvalue weighted by molar-refractivity contribution is 5.99. The van der Waals surface area contributed by atoms with E-state index >= 15 is 0 Å². The van der Waals surface area contributed by atoms with Gasteiger partial charge in [-0.05, 0) is 24.8 Å². The first-order chi connectivity index (χ1) is 11.7. The van der Waals surface area contributed by atoms with E-state index in [0.717, 1.165) is 0 Å². The van der Waals surface area contributed by atoms with Crippen LogP contribution < -0.4 is 0 Å². The molecule has 0 amide bonds. The molecule has 2 aliphatic rings. The second kappa shape index (κ2) is 6.70. The molecule has 0 bridgehead atoms. The van der Waals surface area contributed by atoms with E-state index < -0.39 is 35.0 Å². The molecule has 1 N–H and O–H groups in total. The Hall–Kier alpha value is -1.29. The van der Waals surface area contributed by atoms with Gasteiger partial charge in [-0.2, -0.15) is 31.4 Å². The molecule has 1 atom stereocenters. The van der Waals surface area contributed by atoms with Crippen molar-refractivity contribution in [3.63, 3.8) is 0 Å². The van der Waals surface area contributed by atoms with E-state index in [1.54, 1.807) is 6.92 Å². The zero-order valence-electron chi connectivity index (χ0n) is 14.7. The van der Waals surface area contributed by atoms with E-state index in [1.165, 1.54) is 24.9 Å². The molecule has 10 heteroatoms. The fourth-order valence-corrected chi connectivity index (χ4v) is 3.78. The van der Waals surface area contributed by atoms with Crippen LogP contribution in [0.5, 0.6) is 0 Å². The number of hydrogen-bond acceptors (Lipinski definition) is 4. The van der Waals surface area contributed by atoms with Gasteiger partial charge in [0.1, 0.15) is 0 Å². The Balaban J connectivity index is 2.63. The molecule has 1 saturated heterocycles. The second-order valence-electron chi connectivity index (χ2n) is 7.44. The van der Waals surface area contributed by atoms with Gasteiger partial charge < -0.3 is 9.84 Å². The predicted octanol–water partition coefficient (Wildman–Crippen LogP) is 3.52. The Morgan fingerprint density at radius 1 is 1.12 bits per heavy atom. The van der Waals surface area contributed by atoms with Crippen LogP contribution in [0.25, 0.3) is 0 Å². The summed E-state index contributed by atoms with van der Waals surface area (Å²) in [5, 5.41) is 15.5. The highest BCUT2D eigenvalue weighted by Crippen LogP contribution is 2.56. The lowest BCUT2D eigenvalue weighted by Gasteiger charge is -2.48. The van der Waals surface area contributed by atoms with Crippen molar-refractivity contribution in [1.29, 1.82) is 0 Å². The summed E-state index contributed by atoms with van der Waals surface area (Å²) in [5.41, 5.74) is -6.22. The highest BCUT2D eigenvalue weighted by Gasteiger charge is 2.76. The van der Waals surface area contributed by atoms with E-state index in [2.05, 4.69) is 5.10 Å². The number of hydrazone groups is 1. The first-order valence-electron chi connectivity index (χ1n) is 8.14. The summed E-state index contributed by atoms with van der Waals surface area (Å²) >= 11 is 0. The van der Waals surface area contributed by atoms with Crippen molar-refractivity contribution in [3.05, 3.63) is 11.6 Å². The van der Waals surface area contributed by atoms with Crippen LogP contribution >= 0.6 is 0 Å². The van der Waals surface area contributed by atoms with E-state index in [1.807, 2.05) is 0 Å². The molecule has 2 rings (SSSR count). The summed E-state index contributed by atoms with van der Waals surface area (Å²) in [4.78, 5) is 0. The Kier molecular flexibility index (Phi) is 5.42. The molecule has 0 aromatic heterocycles. The summed E-state index contributed by atoms with van der Waals surface area (Å²) in [6.45, 7) is 5.23. The topological polar surface area (TPSA) is 45.1 Å². The van der Waals surface area contributed by atoms with Gasteiger partial charge in [-0.3, -0.25) is 5.01 Å². The van der Waals surface area contributed by atoms with Crippen LogP contribution in [0, 0.1) is 11.3 Å². The van der Waals surface area contributed by atoms with Crippen molar-refractivity contribution in [2.45, 2.75) is 45.1 Å². The molecule has 1 aliphatic carbocycles. The maximum absolute atomic E-state index is 13.5. The summed E-state index contributed by atoms with van der Waals surface area (Å²) in [6.07, 6.45) is -10.6. The molecular weight excluding hydrogens is 366 g/mol. The fourth-order valence-electron chi connectivity index (χ4n) is 3.78. The Morgan fingerprint density at radius 3 is 2.08 bits per heavy atom. The Bertz CT molecular complexity index is 575. The van der Waals surface area contributed by atoms with Crippen LogP contribution in [0.2, 0.25) is 0 Å². The number of aliphatic hydroxyl groups is 1. The minimum Gasteiger partial charge on any atom is -0.378 e. The number of alkyl halides is 6. The van der Waals surface area contributed by atoms with Gasteiger partial charge in [-0.1, -0.05) is 19.4 Å². The molecule has 0 saturated carbocycles. The lowest BCUT2D eigenvalue weighted by atomic mass is 9.61. The maximum atomic E-state index is 13.5. The summed E-state index contributed by atoms with van der Waals surface area (Å²) in [6, 6.07) is 0. The quantitative estimate of drug-likeness (QED) is 0.737. The SMILES string of the molecule is CC1=C/C(=N\N2CCOCC2)C(C(O)(C(F)(F)F)C(F)(F)F)C(C)(C)C1. The van der Waals surface area contributed by atoms with Crippen LogP contribution in [-0.4, -0.2) is 60.1 Å².